The van der Waals surface area contributed by atoms with Crippen LogP contribution < -0.4 is 4.72 Å². The molecule has 0 aromatic rings. The highest BCUT2D eigenvalue weighted by Gasteiger charge is 2.36. The van der Waals surface area contributed by atoms with E-state index in [-0.39, 0.29) is 29.9 Å². The maximum absolute atomic E-state index is 12.2. The molecule has 0 radical (unpaired) electrons. The number of nitrogens with one attached hydrogen (secondary N) is 1. The summed E-state index contributed by atoms with van der Waals surface area (Å²) in [6, 6.07) is 2.05. The second-order valence-electron chi connectivity index (χ2n) is 7.22. The maximum Gasteiger partial charge on any atom is 0.279 e. The summed E-state index contributed by atoms with van der Waals surface area (Å²) >= 11 is 0. The van der Waals surface area contributed by atoms with Gasteiger partial charge in [0.1, 0.15) is 0 Å². The maximum atomic E-state index is 12.2. The molecular formula is C15H29N3O3S. The summed E-state index contributed by atoms with van der Waals surface area (Å²) in [4.78, 5) is 0. The van der Waals surface area contributed by atoms with Crippen molar-refractivity contribution in [3.05, 3.63) is 0 Å². The van der Waals surface area contributed by atoms with Crippen LogP contribution in [0.4, 0.5) is 0 Å². The fraction of sp³-hybridized carbons (Fsp3) is 0.933. The number of nitrogens with zero attached hydrogens (tertiary/aromatic N) is 2. The molecule has 0 aliphatic carbocycles. The summed E-state index contributed by atoms with van der Waals surface area (Å²) in [5, 5.41) is 8.80. The number of hydrogen-bond acceptors (Lipinski definition) is 4. The van der Waals surface area contributed by atoms with Gasteiger partial charge in [-0.25, -0.2) is 4.72 Å². The standard InChI is InChI=1S/C15H29N3O3S/c1-12(9-16)11-18(5)22(19,20)17-10-13-7-6-8-21-14(13)15(2,3)4/h12-14,17H,6-8,10-11H2,1-5H3/t12-,13-,14+/m1/s1. The van der Waals surface area contributed by atoms with Crippen LogP contribution in [0.1, 0.15) is 40.5 Å². The third-order valence-corrected chi connectivity index (χ3v) is 5.49. The van der Waals surface area contributed by atoms with Gasteiger partial charge >= 0.3 is 0 Å². The lowest BCUT2D eigenvalue weighted by molar-refractivity contribution is -0.0833. The largest absolute Gasteiger partial charge is 0.377 e. The monoisotopic (exact) mass is 331 g/mol. The van der Waals surface area contributed by atoms with Gasteiger partial charge in [-0.1, -0.05) is 20.8 Å². The van der Waals surface area contributed by atoms with Crippen LogP contribution in [-0.2, 0) is 14.9 Å². The van der Waals surface area contributed by atoms with Gasteiger partial charge in [0.05, 0.1) is 18.1 Å². The van der Waals surface area contributed by atoms with Gasteiger partial charge in [-0.3, -0.25) is 0 Å². The Bertz CT molecular complexity index is 493. The van der Waals surface area contributed by atoms with Gasteiger partial charge in [0.2, 0.25) is 0 Å². The zero-order valence-corrected chi connectivity index (χ0v) is 15.1. The van der Waals surface area contributed by atoms with Crippen LogP contribution >= 0.6 is 0 Å². The first-order valence-corrected chi connectivity index (χ1v) is 9.24. The zero-order chi connectivity index (χ0) is 17.0. The molecule has 128 valence electrons. The summed E-state index contributed by atoms with van der Waals surface area (Å²) in [6.45, 7) is 9.36. The molecule has 3 atom stereocenters. The van der Waals surface area contributed by atoms with Crippen molar-refractivity contribution in [2.24, 2.45) is 17.3 Å². The molecule has 6 nitrogen and oxygen atoms in total. The molecule has 0 amide bonds. The summed E-state index contributed by atoms with van der Waals surface area (Å²) in [5.41, 5.74) is -0.0161. The molecular weight excluding hydrogens is 302 g/mol. The minimum atomic E-state index is -3.56. The molecule has 0 saturated carbocycles. The van der Waals surface area contributed by atoms with Crippen molar-refractivity contribution in [3.8, 4) is 6.07 Å². The first kappa shape index (κ1) is 19.4. The van der Waals surface area contributed by atoms with Crippen LogP contribution in [0.2, 0.25) is 0 Å². The summed E-state index contributed by atoms with van der Waals surface area (Å²) in [6.07, 6.45) is 1.97. The molecule has 22 heavy (non-hydrogen) atoms. The molecule has 0 aromatic carbocycles. The highest BCUT2D eigenvalue weighted by atomic mass is 32.2. The second-order valence-corrected chi connectivity index (χ2v) is 9.09. The van der Waals surface area contributed by atoms with E-state index in [2.05, 4.69) is 25.5 Å². The average Bonchev–Trinajstić information content (AvgIpc) is 2.44. The summed E-state index contributed by atoms with van der Waals surface area (Å²) < 4.78 is 34.2. The normalized spacial score (nSPS) is 25.0. The van der Waals surface area contributed by atoms with Gasteiger partial charge in [-0.15, -0.1) is 0 Å². The molecule has 0 bridgehead atoms. The van der Waals surface area contributed by atoms with Crippen LogP contribution in [0.5, 0.6) is 0 Å². The number of nitriles is 1. The molecule has 0 spiro atoms. The summed E-state index contributed by atoms with van der Waals surface area (Å²) in [7, 11) is -2.06. The average molecular weight is 331 g/mol. The molecule has 1 aliphatic rings. The van der Waals surface area contributed by atoms with Gasteiger partial charge in [0.15, 0.2) is 0 Å². The highest BCUT2D eigenvalue weighted by molar-refractivity contribution is 7.87. The fourth-order valence-electron chi connectivity index (χ4n) is 2.86. The molecule has 7 heteroatoms. The molecule has 1 fully saturated rings. The van der Waals surface area contributed by atoms with Crippen LogP contribution in [0, 0.1) is 28.6 Å². The Hall–Kier alpha value is -0.680. The SMILES string of the molecule is C[C@H](C#N)CN(C)S(=O)(=O)NC[C@H]1CCCO[C@@H]1C(C)(C)C. The molecule has 1 rings (SSSR count). The van der Waals surface area contributed by atoms with Crippen LogP contribution in [0.3, 0.4) is 0 Å². The van der Waals surface area contributed by atoms with Gasteiger partial charge in [-0.05, 0) is 31.1 Å². The van der Waals surface area contributed by atoms with Crippen molar-refractivity contribution in [1.82, 2.24) is 9.03 Å². The quantitative estimate of drug-likeness (QED) is 0.804. The van der Waals surface area contributed by atoms with Gasteiger partial charge in [0.25, 0.3) is 10.2 Å². The zero-order valence-electron chi connectivity index (χ0n) is 14.3. The van der Waals surface area contributed by atoms with Crippen molar-refractivity contribution >= 4 is 10.2 Å². The predicted octanol–water partition coefficient (Wildman–Crippen LogP) is 1.75. The van der Waals surface area contributed by atoms with E-state index in [9.17, 15) is 8.42 Å². The molecule has 1 N–H and O–H groups in total. The Kier molecular flexibility index (Phi) is 6.81. The fourth-order valence-corrected chi connectivity index (χ4v) is 3.92. The Morgan fingerprint density at radius 2 is 2.09 bits per heavy atom. The number of hydrogen-bond donors (Lipinski definition) is 1. The van der Waals surface area contributed by atoms with E-state index < -0.39 is 10.2 Å². The van der Waals surface area contributed by atoms with E-state index in [1.165, 1.54) is 11.4 Å². The Balaban J connectivity index is 2.64. The van der Waals surface area contributed by atoms with Crippen molar-refractivity contribution < 1.29 is 13.2 Å². The second kappa shape index (κ2) is 7.73. The lowest BCUT2D eigenvalue weighted by atomic mass is 9.78. The molecule has 1 heterocycles. The van der Waals surface area contributed by atoms with Crippen molar-refractivity contribution in [2.75, 3.05) is 26.7 Å². The third-order valence-electron chi connectivity index (χ3n) is 3.99. The Morgan fingerprint density at radius 1 is 1.45 bits per heavy atom. The lowest BCUT2D eigenvalue weighted by Gasteiger charge is -2.40. The number of rotatable bonds is 6. The summed E-state index contributed by atoms with van der Waals surface area (Å²) in [5.74, 6) is -0.160. The van der Waals surface area contributed by atoms with Crippen LogP contribution in [0.25, 0.3) is 0 Å². The Labute approximate surface area is 135 Å². The van der Waals surface area contributed by atoms with Gasteiger partial charge < -0.3 is 4.74 Å². The van der Waals surface area contributed by atoms with E-state index in [0.717, 1.165) is 19.4 Å². The lowest BCUT2D eigenvalue weighted by Crippen LogP contribution is -2.48. The van der Waals surface area contributed by atoms with Crippen molar-refractivity contribution in [2.45, 2.75) is 46.6 Å². The molecule has 0 aromatic heterocycles. The van der Waals surface area contributed by atoms with Crippen LogP contribution in [-0.4, -0.2) is 45.6 Å². The van der Waals surface area contributed by atoms with E-state index in [4.69, 9.17) is 10.00 Å². The predicted molar refractivity (Wildman–Crippen MR) is 86.2 cm³/mol. The van der Waals surface area contributed by atoms with Gasteiger partial charge in [-0.2, -0.15) is 18.0 Å². The van der Waals surface area contributed by atoms with E-state index in [0.29, 0.717) is 6.54 Å². The first-order chi connectivity index (χ1) is 10.1. The molecule has 1 saturated heterocycles. The van der Waals surface area contributed by atoms with E-state index in [1.807, 2.05) is 6.07 Å². The minimum absolute atomic E-state index is 0.0161. The minimum Gasteiger partial charge on any atom is -0.377 e. The van der Waals surface area contributed by atoms with Crippen molar-refractivity contribution in [3.63, 3.8) is 0 Å². The topological polar surface area (TPSA) is 82.4 Å². The van der Waals surface area contributed by atoms with Crippen LogP contribution in [0.15, 0.2) is 0 Å². The smallest absolute Gasteiger partial charge is 0.279 e. The molecule has 1 aliphatic heterocycles. The van der Waals surface area contributed by atoms with Crippen molar-refractivity contribution in [1.29, 1.82) is 5.26 Å². The highest BCUT2D eigenvalue weighted by Crippen LogP contribution is 2.33. The third kappa shape index (κ3) is 5.51. The van der Waals surface area contributed by atoms with Gasteiger partial charge in [0, 0.05) is 26.7 Å². The Morgan fingerprint density at radius 3 is 2.64 bits per heavy atom. The molecule has 0 unspecified atom stereocenters. The van der Waals surface area contributed by atoms with E-state index >= 15 is 0 Å². The number of ether oxygens (including phenoxy) is 1. The first-order valence-electron chi connectivity index (χ1n) is 7.80. The van der Waals surface area contributed by atoms with E-state index in [1.54, 1.807) is 6.92 Å².